The Morgan fingerprint density at radius 3 is 1.47 bits per heavy atom. The average Bonchev–Trinajstić information content (AvgIpc) is 3.69. The minimum Gasteiger partial charge on any atom is -1.00 e. The lowest BCUT2D eigenvalue weighted by atomic mass is 10.0. The Morgan fingerprint density at radius 2 is 1.02 bits per heavy atom. The predicted octanol–water partition coefficient (Wildman–Crippen LogP) is 3.30. The van der Waals surface area contributed by atoms with Gasteiger partial charge in [0.15, 0.2) is 24.8 Å². The zero-order valence-electron chi connectivity index (χ0n) is 24.8. The van der Waals surface area contributed by atoms with E-state index >= 15 is 0 Å². The van der Waals surface area contributed by atoms with Gasteiger partial charge in [0.05, 0.1) is 0 Å². The van der Waals surface area contributed by atoms with E-state index in [1.54, 1.807) is 0 Å². The molecule has 0 aliphatic heterocycles. The molecule has 2 saturated carbocycles. The Hall–Kier alpha value is -2.91. The quantitative estimate of drug-likeness (QED) is 0.167. The molecule has 2 fully saturated rings. The van der Waals surface area contributed by atoms with Crippen LogP contribution in [-0.4, -0.2) is 15.1 Å². The number of benzene rings is 1. The summed E-state index contributed by atoms with van der Waals surface area (Å²) in [6.07, 6.45) is 26.2. The fourth-order valence-corrected chi connectivity index (χ4v) is 5.22. The zero-order chi connectivity index (χ0) is 29.9. The summed E-state index contributed by atoms with van der Waals surface area (Å²) in [5.74, 6) is 1.02. The van der Waals surface area contributed by atoms with Crippen molar-refractivity contribution in [2.75, 3.05) is 0 Å². The first-order chi connectivity index (χ1) is 19.7. The lowest BCUT2D eigenvalue weighted by Crippen LogP contribution is -3.00. The number of aryl methyl sites for hydroxylation is 2. The van der Waals surface area contributed by atoms with E-state index in [-0.39, 0.29) is 9.41 Å². The molecule has 0 unspecified atom stereocenters. The molecular formula is C31H42B2F8N2. The molecule has 2 aliphatic rings. The van der Waals surface area contributed by atoms with Crippen molar-refractivity contribution in [3.63, 3.8) is 0 Å². The number of halogens is 8. The summed E-state index contributed by atoms with van der Waals surface area (Å²) in [5.41, 5.74) is 5.02. The molecule has 2 aliphatic carbocycles. The Morgan fingerprint density at radius 1 is 0.605 bits per heavy atom. The molecule has 0 spiro atoms. The van der Waals surface area contributed by atoms with Gasteiger partial charge in [0, 0.05) is 42.8 Å². The highest BCUT2D eigenvalue weighted by molar-refractivity contribution is 6.33. The topological polar surface area (TPSA) is 7.76 Å². The van der Waals surface area contributed by atoms with Crippen molar-refractivity contribution in [3.8, 4) is 16.8 Å². The van der Waals surface area contributed by atoms with Gasteiger partial charge in [-0.05, 0) is 30.4 Å². The Bertz CT molecular complexity index is 1040. The highest BCUT2D eigenvalue weighted by Gasteiger charge is 2.14. The maximum absolute atomic E-state index is 9.67. The highest BCUT2D eigenvalue weighted by atomic mass is 19.4. The first-order valence-corrected chi connectivity index (χ1v) is 14.7. The number of hydrogen-bond donors (Lipinski definition) is 0. The van der Waals surface area contributed by atoms with Crippen LogP contribution in [0.4, 0.5) is 25.9 Å². The molecule has 2 heterocycles. The monoisotopic (exact) mass is 616 g/mol. The molecule has 238 valence electrons. The van der Waals surface area contributed by atoms with Crippen LogP contribution in [0, 0.1) is 12.8 Å². The van der Waals surface area contributed by atoms with Crippen LogP contribution in [0.15, 0.2) is 73.3 Å². The lowest BCUT2D eigenvalue weighted by molar-refractivity contribution is -0.697. The molecule has 5 rings (SSSR count). The van der Waals surface area contributed by atoms with E-state index in [9.17, 15) is 25.9 Å². The molecule has 3 aromatic rings. The molecule has 0 saturated heterocycles. The maximum Gasteiger partial charge on any atom is 0.762 e. The van der Waals surface area contributed by atoms with Gasteiger partial charge in [-0.15, -0.1) is 0 Å². The summed E-state index contributed by atoms with van der Waals surface area (Å²) in [7, 11) is -7.33. The smallest absolute Gasteiger partial charge is 0.762 e. The molecule has 0 radical (unpaired) electrons. The van der Waals surface area contributed by atoms with Crippen molar-refractivity contribution < 1.29 is 44.4 Å². The molecule has 1 aromatic carbocycles. The summed E-state index contributed by atoms with van der Waals surface area (Å²) in [6, 6.07) is 17.5. The van der Waals surface area contributed by atoms with E-state index in [0.717, 1.165) is 12.5 Å². The van der Waals surface area contributed by atoms with Crippen LogP contribution < -0.4 is 18.5 Å². The van der Waals surface area contributed by atoms with Crippen LogP contribution in [0.25, 0.3) is 16.8 Å². The number of pyridine rings is 2. The number of nitrogens with zero attached hydrogens (tertiary/aromatic N) is 2. The third-order valence-electron chi connectivity index (χ3n) is 7.39. The molecule has 0 bridgehead atoms. The van der Waals surface area contributed by atoms with Gasteiger partial charge in [0.2, 0.25) is 5.69 Å². The van der Waals surface area contributed by atoms with Gasteiger partial charge in [0.1, 0.15) is 6.54 Å². The number of rotatable bonds is 7. The predicted molar refractivity (Wildman–Crippen MR) is 155 cm³/mol. The summed E-state index contributed by atoms with van der Waals surface area (Å²) in [5, 5.41) is 0. The largest absolute Gasteiger partial charge is 1.00 e. The van der Waals surface area contributed by atoms with Crippen LogP contribution in [-0.2, 0) is 6.54 Å². The first kappa shape index (κ1) is 40.1. The number of unbranched alkanes of at least 4 members (excludes halogenated alkanes) is 1. The molecular weight excluding hydrogens is 574 g/mol. The van der Waals surface area contributed by atoms with Gasteiger partial charge in [-0.1, -0.05) is 81.9 Å². The van der Waals surface area contributed by atoms with Crippen molar-refractivity contribution in [2.45, 2.75) is 90.5 Å². The van der Waals surface area contributed by atoms with Gasteiger partial charge < -0.3 is 9.41 Å². The molecule has 0 atom stereocenters. The minimum absolute atomic E-state index is 0. The van der Waals surface area contributed by atoms with Gasteiger partial charge in [0.25, 0.3) is 0 Å². The molecule has 43 heavy (non-hydrogen) atoms. The fraction of sp³-hybridized carbons (Fsp3) is 0.484. The van der Waals surface area contributed by atoms with E-state index in [4.69, 9.17) is 0 Å². The van der Waals surface area contributed by atoms with Gasteiger partial charge >= 0.3 is 15.1 Å². The summed E-state index contributed by atoms with van der Waals surface area (Å²) < 4.78 is 62.5. The van der Waals surface area contributed by atoms with Gasteiger partial charge in [-0.3, -0.25) is 25.9 Å². The SMILES string of the molecule is C1CCCC1.Cc1ccc(-[n+]2ccc(-c3cc[n+](CCCCC4CCCC4)cc3)cc2)cc1.FB(F)F.FB(F)F.[F-].[F-]. The molecule has 12 heteroatoms. The minimum atomic E-state index is -3.67. The van der Waals surface area contributed by atoms with Crippen LogP contribution in [0.2, 0.25) is 0 Å². The second kappa shape index (κ2) is 23.5. The van der Waals surface area contributed by atoms with Crippen molar-refractivity contribution in [3.05, 3.63) is 78.9 Å². The first-order valence-electron chi connectivity index (χ1n) is 14.7. The molecule has 0 amide bonds. The second-order valence-electron chi connectivity index (χ2n) is 10.6. The second-order valence-corrected chi connectivity index (χ2v) is 10.6. The van der Waals surface area contributed by atoms with E-state index in [0.29, 0.717) is 0 Å². The normalized spacial score (nSPS) is 13.5. The van der Waals surface area contributed by atoms with Crippen LogP contribution in [0.3, 0.4) is 0 Å². The lowest BCUT2D eigenvalue weighted by Gasteiger charge is -2.07. The average molecular weight is 616 g/mol. The summed E-state index contributed by atoms with van der Waals surface area (Å²) in [6.45, 7) is 3.25. The van der Waals surface area contributed by atoms with Crippen molar-refractivity contribution in [2.24, 2.45) is 5.92 Å². The molecule has 2 nitrogen and oxygen atoms in total. The highest BCUT2D eigenvalue weighted by Crippen LogP contribution is 2.28. The van der Waals surface area contributed by atoms with Crippen molar-refractivity contribution in [1.29, 1.82) is 0 Å². The third-order valence-corrected chi connectivity index (χ3v) is 7.39. The fourth-order valence-electron chi connectivity index (χ4n) is 5.22. The molecule has 2 aromatic heterocycles. The van der Waals surface area contributed by atoms with E-state index < -0.39 is 15.1 Å². The van der Waals surface area contributed by atoms with Crippen molar-refractivity contribution >= 4 is 15.1 Å². The van der Waals surface area contributed by atoms with E-state index in [1.807, 2.05) is 0 Å². The summed E-state index contributed by atoms with van der Waals surface area (Å²) in [4.78, 5) is 0. The standard InChI is InChI=1S/C26H32N2.C5H10.2BF3.2FH/c1-22-9-11-26(12-10-22)28-20-15-25(16-21-28)24-13-18-27(19-14-24)17-5-4-8-23-6-2-3-7-23;1-2-4-5-3-1;2*2-1(3)4;;/h9-16,18-21,23H,2-8,17H2,1H3;1-5H2;;;2*1H/q+2;;;;;/p-2. The Kier molecular flexibility index (Phi) is 21.9. The third kappa shape index (κ3) is 18.4. The Balaban J connectivity index is 0.000000988. The number of aromatic nitrogens is 2. The van der Waals surface area contributed by atoms with E-state index in [1.165, 1.54) is 99.4 Å². The van der Waals surface area contributed by atoms with Gasteiger partial charge in [-0.25, -0.2) is 4.57 Å². The summed E-state index contributed by atoms with van der Waals surface area (Å²) >= 11 is 0. The zero-order valence-corrected chi connectivity index (χ0v) is 24.8. The Labute approximate surface area is 251 Å². The van der Waals surface area contributed by atoms with Crippen LogP contribution >= 0.6 is 0 Å². The van der Waals surface area contributed by atoms with Gasteiger partial charge in [-0.2, -0.15) is 4.57 Å². The number of hydrogen-bond acceptors (Lipinski definition) is 0. The van der Waals surface area contributed by atoms with Crippen LogP contribution in [0.1, 0.15) is 82.6 Å². The van der Waals surface area contributed by atoms with E-state index in [2.05, 4.69) is 89.4 Å². The van der Waals surface area contributed by atoms with Crippen LogP contribution in [0.5, 0.6) is 0 Å². The maximum atomic E-state index is 9.67. The molecule has 0 N–H and O–H groups in total. The van der Waals surface area contributed by atoms with Crippen molar-refractivity contribution in [1.82, 2.24) is 0 Å².